The predicted octanol–water partition coefficient (Wildman–Crippen LogP) is 1.85. The van der Waals surface area contributed by atoms with Gasteiger partial charge in [-0.25, -0.2) is 14.1 Å². The van der Waals surface area contributed by atoms with Gasteiger partial charge < -0.3 is 5.73 Å². The van der Waals surface area contributed by atoms with Gasteiger partial charge in [-0.15, -0.1) is 0 Å². The van der Waals surface area contributed by atoms with Crippen LogP contribution in [0, 0.1) is 5.41 Å². The molecular weight excluding hydrogens is 411 g/mol. The number of nitrogens with two attached hydrogens (primary N) is 1. The molecule has 30 heavy (non-hydrogen) atoms. The van der Waals surface area contributed by atoms with E-state index in [1.54, 1.807) is 34.1 Å². The van der Waals surface area contributed by atoms with E-state index < -0.39 is 35.5 Å². The van der Waals surface area contributed by atoms with Gasteiger partial charge in [0.25, 0.3) is 0 Å². The molecule has 162 valence electrons. The number of carbonyl (C=O) groups is 2. The molecule has 3 atom stereocenters. The predicted molar refractivity (Wildman–Crippen MR) is 111 cm³/mol. The summed E-state index contributed by atoms with van der Waals surface area (Å²) in [7, 11) is 0. The minimum atomic E-state index is -1.18. The highest BCUT2D eigenvalue weighted by Gasteiger charge is 2.39. The Hall–Kier alpha value is -2.36. The second-order valence-electron chi connectivity index (χ2n) is 8.59. The zero-order chi connectivity index (χ0) is 22.1. The zero-order valence-corrected chi connectivity index (χ0v) is 17.9. The van der Waals surface area contributed by atoms with Crippen molar-refractivity contribution in [1.29, 1.82) is 0 Å². The molecule has 1 fully saturated rings. The Morgan fingerprint density at radius 2 is 2.13 bits per heavy atom. The Morgan fingerprint density at radius 3 is 2.77 bits per heavy atom. The smallest absolute Gasteiger partial charge is 0.244 e. The second kappa shape index (κ2) is 8.79. The van der Waals surface area contributed by atoms with E-state index in [4.69, 9.17) is 17.3 Å². The van der Waals surface area contributed by atoms with Crippen molar-refractivity contribution in [2.45, 2.75) is 52.0 Å². The number of nitrogens with zero attached hydrogens (tertiary/aromatic N) is 4. The number of hydrogen-bond acceptors (Lipinski definition) is 6. The molecule has 0 bridgehead atoms. The molecule has 10 heteroatoms. The van der Waals surface area contributed by atoms with Crippen LogP contribution in [-0.2, 0) is 16.1 Å². The van der Waals surface area contributed by atoms with Gasteiger partial charge in [0.2, 0.25) is 11.8 Å². The SMILES string of the molecule is CC(C)(C)[C@@H](N)C(=O)NC(=O)C1C[C@@H](F)CN1Cc1cc(Cl)ccc1-n1cncn1. The van der Waals surface area contributed by atoms with Gasteiger partial charge in [0.1, 0.15) is 18.8 Å². The number of alkyl halides is 1. The topological polar surface area (TPSA) is 106 Å². The number of rotatable bonds is 5. The number of hydrogen-bond donors (Lipinski definition) is 2. The van der Waals surface area contributed by atoms with Gasteiger partial charge in [-0.2, -0.15) is 5.10 Å². The molecule has 3 rings (SSSR count). The van der Waals surface area contributed by atoms with E-state index in [1.807, 2.05) is 20.8 Å². The summed E-state index contributed by atoms with van der Waals surface area (Å²) in [6.07, 6.45) is 1.78. The number of aromatic nitrogens is 3. The summed E-state index contributed by atoms with van der Waals surface area (Å²) in [6.45, 7) is 5.76. The highest BCUT2D eigenvalue weighted by atomic mass is 35.5. The van der Waals surface area contributed by atoms with Gasteiger partial charge in [0.15, 0.2) is 0 Å². The standard InChI is InChI=1S/C20H26ClFN6O2/c1-20(2,3)17(23)19(30)26-18(29)16-7-14(22)9-27(16)8-12-6-13(21)4-5-15(12)28-11-24-10-25-28/h4-6,10-11,14,16-17H,7-9,23H2,1-3H3,(H,26,29,30)/t14-,16?,17+/m1/s1. The van der Waals surface area contributed by atoms with Crippen LogP contribution in [0.5, 0.6) is 0 Å². The Balaban J connectivity index is 1.78. The molecule has 0 aliphatic carbocycles. The Kier molecular flexibility index (Phi) is 6.54. The van der Waals surface area contributed by atoms with Crippen LogP contribution in [0.3, 0.4) is 0 Å². The molecule has 3 N–H and O–H groups in total. The summed E-state index contributed by atoms with van der Waals surface area (Å²) in [6, 6.07) is 3.61. The molecule has 1 unspecified atom stereocenters. The first-order chi connectivity index (χ1) is 14.1. The average molecular weight is 437 g/mol. The van der Waals surface area contributed by atoms with Gasteiger partial charge in [0, 0.05) is 24.5 Å². The molecule has 1 saturated heterocycles. The summed E-state index contributed by atoms with van der Waals surface area (Å²) in [5.74, 6) is -1.12. The fourth-order valence-corrected chi connectivity index (χ4v) is 3.62. The molecule has 1 aromatic heterocycles. The Bertz CT molecular complexity index is 915. The van der Waals surface area contributed by atoms with Crippen LogP contribution in [0.15, 0.2) is 30.9 Å². The van der Waals surface area contributed by atoms with Crippen LogP contribution in [0.1, 0.15) is 32.8 Å². The molecule has 1 aliphatic rings. The van der Waals surface area contributed by atoms with Crippen LogP contribution >= 0.6 is 11.6 Å². The molecule has 8 nitrogen and oxygen atoms in total. The third-order valence-electron chi connectivity index (χ3n) is 5.20. The van der Waals surface area contributed by atoms with E-state index in [0.29, 0.717) is 5.02 Å². The van der Waals surface area contributed by atoms with Crippen molar-refractivity contribution in [2.24, 2.45) is 11.1 Å². The molecule has 0 saturated carbocycles. The Morgan fingerprint density at radius 1 is 1.40 bits per heavy atom. The maximum Gasteiger partial charge on any atom is 0.244 e. The van der Waals surface area contributed by atoms with Gasteiger partial charge in [-0.05, 0) is 29.2 Å². The van der Waals surface area contributed by atoms with E-state index in [-0.39, 0.29) is 19.5 Å². The monoisotopic (exact) mass is 436 g/mol. The lowest BCUT2D eigenvalue weighted by molar-refractivity contribution is -0.134. The quantitative estimate of drug-likeness (QED) is 0.740. The first-order valence-corrected chi connectivity index (χ1v) is 10.1. The lowest BCUT2D eigenvalue weighted by Crippen LogP contribution is -2.53. The molecule has 2 aromatic rings. The van der Waals surface area contributed by atoms with Crippen molar-refractivity contribution in [2.75, 3.05) is 6.54 Å². The third-order valence-corrected chi connectivity index (χ3v) is 5.43. The summed E-state index contributed by atoms with van der Waals surface area (Å²) in [5, 5.41) is 7.00. The van der Waals surface area contributed by atoms with Crippen molar-refractivity contribution >= 4 is 23.4 Å². The first-order valence-electron chi connectivity index (χ1n) is 9.68. The second-order valence-corrected chi connectivity index (χ2v) is 9.02. The summed E-state index contributed by atoms with van der Waals surface area (Å²) in [4.78, 5) is 30.8. The molecule has 2 heterocycles. The van der Waals surface area contributed by atoms with Crippen LogP contribution < -0.4 is 11.1 Å². The number of benzene rings is 1. The fraction of sp³-hybridized carbons (Fsp3) is 0.500. The number of amides is 2. The van der Waals surface area contributed by atoms with E-state index >= 15 is 0 Å². The van der Waals surface area contributed by atoms with Gasteiger partial charge >= 0.3 is 0 Å². The normalized spacial score (nSPS) is 20.9. The summed E-state index contributed by atoms with van der Waals surface area (Å²) in [5.41, 5.74) is 6.92. The summed E-state index contributed by atoms with van der Waals surface area (Å²) < 4.78 is 15.8. The zero-order valence-electron chi connectivity index (χ0n) is 17.2. The van der Waals surface area contributed by atoms with Gasteiger partial charge in [-0.3, -0.25) is 19.8 Å². The van der Waals surface area contributed by atoms with Gasteiger partial charge in [0.05, 0.1) is 17.8 Å². The highest BCUT2D eigenvalue weighted by molar-refractivity contribution is 6.30. The largest absolute Gasteiger partial charge is 0.319 e. The van der Waals surface area contributed by atoms with Crippen LogP contribution in [-0.4, -0.2) is 56.3 Å². The van der Waals surface area contributed by atoms with Crippen molar-refractivity contribution in [3.8, 4) is 5.69 Å². The highest BCUT2D eigenvalue weighted by Crippen LogP contribution is 2.27. The van der Waals surface area contributed by atoms with E-state index in [9.17, 15) is 14.0 Å². The van der Waals surface area contributed by atoms with E-state index in [1.165, 1.54) is 6.33 Å². The number of nitrogens with one attached hydrogen (secondary N) is 1. The minimum absolute atomic E-state index is 0.00307. The number of halogens is 2. The van der Waals surface area contributed by atoms with E-state index in [2.05, 4.69) is 15.4 Å². The summed E-state index contributed by atoms with van der Waals surface area (Å²) >= 11 is 6.16. The van der Waals surface area contributed by atoms with Crippen molar-refractivity contribution in [3.63, 3.8) is 0 Å². The Labute approximate surface area is 179 Å². The molecular formula is C20H26ClFN6O2. The maximum absolute atomic E-state index is 14.2. The molecule has 2 amide bonds. The number of carbonyl (C=O) groups excluding carboxylic acids is 2. The lowest BCUT2D eigenvalue weighted by Gasteiger charge is -2.28. The van der Waals surface area contributed by atoms with Crippen molar-refractivity contribution in [3.05, 3.63) is 41.4 Å². The molecule has 1 aromatic carbocycles. The van der Waals surface area contributed by atoms with E-state index in [0.717, 1.165) is 11.3 Å². The number of likely N-dealkylation sites (tertiary alicyclic amines) is 1. The van der Waals surface area contributed by atoms with Crippen LogP contribution in [0.25, 0.3) is 5.69 Å². The third kappa shape index (κ3) is 5.03. The molecule has 0 spiro atoms. The van der Waals surface area contributed by atoms with Crippen LogP contribution in [0.2, 0.25) is 5.02 Å². The fourth-order valence-electron chi connectivity index (χ4n) is 3.43. The van der Waals surface area contributed by atoms with Gasteiger partial charge in [-0.1, -0.05) is 32.4 Å². The number of imide groups is 1. The average Bonchev–Trinajstić information content (AvgIpc) is 3.30. The molecule has 0 radical (unpaired) electrons. The lowest BCUT2D eigenvalue weighted by atomic mass is 9.87. The minimum Gasteiger partial charge on any atom is -0.319 e. The van der Waals surface area contributed by atoms with Crippen LogP contribution in [0.4, 0.5) is 4.39 Å². The van der Waals surface area contributed by atoms with Crippen molar-refractivity contribution < 1.29 is 14.0 Å². The van der Waals surface area contributed by atoms with Crippen molar-refractivity contribution in [1.82, 2.24) is 25.0 Å². The maximum atomic E-state index is 14.2. The molecule has 1 aliphatic heterocycles. The first kappa shape index (κ1) is 22.3.